The molecule has 1 atom stereocenters. The zero-order chi connectivity index (χ0) is 27.1. The van der Waals surface area contributed by atoms with E-state index in [1.165, 1.54) is 29.4 Å². The van der Waals surface area contributed by atoms with Crippen molar-refractivity contribution < 1.29 is 9.59 Å². The molecule has 204 valence electrons. The van der Waals surface area contributed by atoms with Crippen molar-refractivity contribution in [3.8, 4) is 5.69 Å². The van der Waals surface area contributed by atoms with Gasteiger partial charge in [0.2, 0.25) is 5.91 Å². The Morgan fingerprint density at radius 1 is 1.03 bits per heavy atom. The number of amides is 3. The van der Waals surface area contributed by atoms with Gasteiger partial charge in [-0.05, 0) is 75.4 Å². The molecule has 3 aliphatic rings. The number of aromatic nitrogens is 2. The van der Waals surface area contributed by atoms with Crippen LogP contribution in [0, 0.1) is 5.41 Å². The van der Waals surface area contributed by atoms with Gasteiger partial charge >= 0.3 is 11.7 Å². The highest BCUT2D eigenvalue weighted by molar-refractivity contribution is 5.89. The van der Waals surface area contributed by atoms with E-state index in [-0.39, 0.29) is 17.8 Å². The fraction of sp³-hybridized carbons (Fsp3) is 0.556. The van der Waals surface area contributed by atoms with Gasteiger partial charge in [0.25, 0.3) is 0 Å². The van der Waals surface area contributed by atoms with E-state index in [4.69, 9.17) is 11.5 Å². The van der Waals surface area contributed by atoms with Crippen molar-refractivity contribution in [1.82, 2.24) is 24.3 Å². The van der Waals surface area contributed by atoms with Crippen LogP contribution >= 0.6 is 0 Å². The van der Waals surface area contributed by atoms with E-state index in [0.717, 1.165) is 19.6 Å². The molecule has 2 aliphatic heterocycles. The molecule has 11 nitrogen and oxygen atoms in total. The average molecular weight is 523 g/mol. The number of anilines is 1. The second kappa shape index (κ2) is 10.1. The number of nitrogens with one attached hydrogen (secondary N) is 1. The minimum absolute atomic E-state index is 0.140. The lowest BCUT2D eigenvalue weighted by Gasteiger charge is -2.37. The van der Waals surface area contributed by atoms with E-state index in [1.54, 1.807) is 35.9 Å². The molecule has 3 amide bonds. The zero-order valence-electron chi connectivity index (χ0n) is 22.2. The van der Waals surface area contributed by atoms with Gasteiger partial charge in [-0.2, -0.15) is 4.98 Å². The predicted molar refractivity (Wildman–Crippen MR) is 145 cm³/mol. The van der Waals surface area contributed by atoms with Crippen LogP contribution in [0.4, 0.5) is 10.6 Å². The minimum atomic E-state index is -0.944. The molecule has 11 heteroatoms. The summed E-state index contributed by atoms with van der Waals surface area (Å²) in [5.41, 5.74) is 12.9. The van der Waals surface area contributed by atoms with E-state index < -0.39 is 11.2 Å². The summed E-state index contributed by atoms with van der Waals surface area (Å²) in [7, 11) is 0. The number of hydrogen-bond acceptors (Lipinski definition) is 7. The Morgan fingerprint density at radius 3 is 2.18 bits per heavy atom. The Hall–Kier alpha value is -3.28. The Bertz CT molecular complexity index is 1240. The van der Waals surface area contributed by atoms with Crippen LogP contribution < -0.4 is 22.5 Å². The van der Waals surface area contributed by atoms with Crippen LogP contribution in [0.1, 0.15) is 38.7 Å². The van der Waals surface area contributed by atoms with Crippen LogP contribution in [0.3, 0.4) is 0 Å². The molecule has 1 unspecified atom stereocenters. The largest absolute Gasteiger partial charge is 0.354 e. The summed E-state index contributed by atoms with van der Waals surface area (Å²) in [5, 5.41) is 2.69. The van der Waals surface area contributed by atoms with Gasteiger partial charge in [-0.1, -0.05) is 12.1 Å². The maximum absolute atomic E-state index is 12.7. The van der Waals surface area contributed by atoms with Gasteiger partial charge in [0.15, 0.2) is 0 Å². The van der Waals surface area contributed by atoms with Crippen molar-refractivity contribution >= 4 is 17.8 Å². The minimum Gasteiger partial charge on any atom is -0.338 e. The standard InChI is InChI=1S/C27H38N8O3/c1-26(2,29)23(36)33-13-15-34(16-14-33)24(37)30-22-7-10-35(25(38)31-22)20-5-3-19(4-6-20)18-32-11-8-27(9-12-32)17-21(27)28/h3-7,10,21H,8-9,11-18,28-29H2,1-2H3,(H,30,31,37,38). The Kier molecular flexibility index (Phi) is 7.01. The van der Waals surface area contributed by atoms with Crippen molar-refractivity contribution in [2.45, 2.75) is 51.2 Å². The SMILES string of the molecule is CC(C)(N)C(=O)N1CCN(C(=O)Nc2ccn(-c3ccc(CN4CCC5(CC4)CC5N)cc3)c(=O)n2)CC1. The van der Waals surface area contributed by atoms with Crippen LogP contribution in [0.15, 0.2) is 41.3 Å². The lowest BCUT2D eigenvalue weighted by molar-refractivity contribution is -0.137. The summed E-state index contributed by atoms with van der Waals surface area (Å²) in [5.74, 6) is 0.0479. The topological polar surface area (TPSA) is 143 Å². The number of likely N-dealkylation sites (tertiary alicyclic amines) is 1. The Balaban J connectivity index is 1.14. The fourth-order valence-electron chi connectivity index (χ4n) is 5.51. The lowest BCUT2D eigenvalue weighted by Crippen LogP contribution is -2.58. The Morgan fingerprint density at radius 2 is 1.63 bits per heavy atom. The second-order valence-electron chi connectivity index (χ2n) is 11.5. The first-order chi connectivity index (χ1) is 18.0. The molecule has 38 heavy (non-hydrogen) atoms. The van der Waals surface area contributed by atoms with Gasteiger partial charge in [0.1, 0.15) is 5.82 Å². The molecule has 2 aromatic rings. The quantitative estimate of drug-likeness (QED) is 0.531. The van der Waals surface area contributed by atoms with E-state index >= 15 is 0 Å². The third-order valence-corrected chi connectivity index (χ3v) is 8.17. The zero-order valence-corrected chi connectivity index (χ0v) is 22.2. The molecule has 1 aromatic carbocycles. The highest BCUT2D eigenvalue weighted by Crippen LogP contribution is 2.52. The van der Waals surface area contributed by atoms with Crippen LogP contribution in [0.2, 0.25) is 0 Å². The molecule has 1 saturated carbocycles. The number of urea groups is 1. The fourth-order valence-corrected chi connectivity index (χ4v) is 5.51. The molecule has 3 fully saturated rings. The number of piperazine rings is 1. The monoisotopic (exact) mass is 522 g/mol. The summed E-state index contributed by atoms with van der Waals surface area (Å²) in [6.45, 7) is 7.95. The number of piperidine rings is 1. The van der Waals surface area contributed by atoms with E-state index in [0.29, 0.717) is 43.3 Å². The van der Waals surface area contributed by atoms with Crippen LogP contribution in [-0.2, 0) is 11.3 Å². The van der Waals surface area contributed by atoms with E-state index in [1.807, 2.05) is 24.3 Å². The van der Waals surface area contributed by atoms with Crippen molar-refractivity contribution in [2.75, 3.05) is 44.6 Å². The second-order valence-corrected chi connectivity index (χ2v) is 11.5. The van der Waals surface area contributed by atoms with Gasteiger partial charge in [-0.25, -0.2) is 9.59 Å². The predicted octanol–water partition coefficient (Wildman–Crippen LogP) is 0.959. The van der Waals surface area contributed by atoms with E-state index in [9.17, 15) is 14.4 Å². The molecule has 1 aliphatic carbocycles. The summed E-state index contributed by atoms with van der Waals surface area (Å²) in [6.07, 6.45) is 5.15. The van der Waals surface area contributed by atoms with Gasteiger partial charge in [0, 0.05) is 45.0 Å². The van der Waals surface area contributed by atoms with Crippen molar-refractivity contribution in [1.29, 1.82) is 0 Å². The number of rotatable bonds is 5. The number of nitrogens with two attached hydrogens (primary N) is 2. The third kappa shape index (κ3) is 5.59. The molecular weight excluding hydrogens is 484 g/mol. The molecule has 5 rings (SSSR count). The van der Waals surface area contributed by atoms with Gasteiger partial charge < -0.3 is 21.3 Å². The van der Waals surface area contributed by atoms with Crippen molar-refractivity contribution in [3.63, 3.8) is 0 Å². The summed E-state index contributed by atoms with van der Waals surface area (Å²) < 4.78 is 1.46. The smallest absolute Gasteiger partial charge is 0.338 e. The normalized spacial score (nSPS) is 21.4. The third-order valence-electron chi connectivity index (χ3n) is 8.17. The van der Waals surface area contributed by atoms with Crippen LogP contribution in [-0.4, -0.2) is 87.0 Å². The van der Waals surface area contributed by atoms with E-state index in [2.05, 4.69) is 15.2 Å². The molecule has 1 aromatic heterocycles. The molecular formula is C27H38N8O3. The van der Waals surface area contributed by atoms with Gasteiger partial charge in [0.05, 0.1) is 11.2 Å². The highest BCUT2D eigenvalue weighted by atomic mass is 16.2. The number of nitrogens with zero attached hydrogens (tertiary/aromatic N) is 5. The molecule has 1 spiro atoms. The average Bonchev–Trinajstić information content (AvgIpc) is 3.53. The summed E-state index contributed by atoms with van der Waals surface area (Å²) in [6, 6.07) is 9.57. The van der Waals surface area contributed by atoms with Gasteiger partial charge in [-0.15, -0.1) is 0 Å². The molecule has 0 bridgehead atoms. The maximum Gasteiger partial charge on any atom is 0.354 e. The number of benzene rings is 1. The van der Waals surface area contributed by atoms with Crippen LogP contribution in [0.5, 0.6) is 0 Å². The maximum atomic E-state index is 12.7. The number of hydrogen-bond donors (Lipinski definition) is 3. The molecule has 5 N–H and O–H groups in total. The van der Waals surface area contributed by atoms with Gasteiger partial charge in [-0.3, -0.25) is 19.6 Å². The lowest BCUT2D eigenvalue weighted by atomic mass is 9.92. The van der Waals surface area contributed by atoms with Crippen LogP contribution in [0.25, 0.3) is 5.69 Å². The molecule has 2 saturated heterocycles. The van der Waals surface area contributed by atoms with Crippen molar-refractivity contribution in [3.05, 3.63) is 52.6 Å². The van der Waals surface area contributed by atoms with Crippen molar-refractivity contribution in [2.24, 2.45) is 16.9 Å². The first-order valence-corrected chi connectivity index (χ1v) is 13.4. The summed E-state index contributed by atoms with van der Waals surface area (Å²) >= 11 is 0. The highest BCUT2D eigenvalue weighted by Gasteiger charge is 2.52. The number of carbonyl (C=O) groups is 2. The molecule has 3 heterocycles. The first kappa shape index (κ1) is 26.3. The molecule has 0 radical (unpaired) electrons. The number of carbonyl (C=O) groups excluding carboxylic acids is 2. The Labute approximate surface area is 222 Å². The summed E-state index contributed by atoms with van der Waals surface area (Å²) in [4.78, 5) is 47.5. The first-order valence-electron chi connectivity index (χ1n) is 13.4.